The van der Waals surface area contributed by atoms with E-state index in [1.807, 2.05) is 0 Å². The summed E-state index contributed by atoms with van der Waals surface area (Å²) in [6.07, 6.45) is 1.94. The van der Waals surface area contributed by atoms with E-state index in [-0.39, 0.29) is 43.1 Å². The molecule has 3 rings (SSSR count). The maximum atomic E-state index is 13.3. The number of nitrogens with zero attached hydrogens (tertiary/aromatic N) is 1. The highest BCUT2D eigenvalue weighted by atomic mass is 19.3. The van der Waals surface area contributed by atoms with Crippen LogP contribution < -0.4 is 21.5 Å². The van der Waals surface area contributed by atoms with Crippen LogP contribution in [0.15, 0.2) is 18.3 Å². The summed E-state index contributed by atoms with van der Waals surface area (Å²) in [6.45, 7) is 1.90. The van der Waals surface area contributed by atoms with Crippen molar-refractivity contribution in [2.24, 2.45) is 5.41 Å². The van der Waals surface area contributed by atoms with Crippen LogP contribution in [0.2, 0.25) is 0 Å². The zero-order valence-electron chi connectivity index (χ0n) is 15.5. The number of carbonyl (C=O) groups excluding carboxylic acids is 3. The van der Waals surface area contributed by atoms with Crippen LogP contribution in [0.4, 0.5) is 14.6 Å². The SMILES string of the molecule is CC1(C(=O)NNC(=O)c2cccnc2NC2CCC(F)(F)CC2)CCNC1=O. The Hall–Kier alpha value is -2.78. The first-order valence-electron chi connectivity index (χ1n) is 9.20. The van der Waals surface area contributed by atoms with E-state index in [0.717, 1.165) is 0 Å². The van der Waals surface area contributed by atoms with Crippen molar-refractivity contribution in [1.29, 1.82) is 0 Å². The molecule has 1 atom stereocenters. The van der Waals surface area contributed by atoms with Crippen molar-refractivity contribution in [3.8, 4) is 0 Å². The highest BCUT2D eigenvalue weighted by Gasteiger charge is 2.44. The van der Waals surface area contributed by atoms with E-state index in [0.29, 0.717) is 13.0 Å². The Balaban J connectivity index is 1.61. The fourth-order valence-corrected chi connectivity index (χ4v) is 3.35. The van der Waals surface area contributed by atoms with Gasteiger partial charge in [0.05, 0.1) is 5.56 Å². The molecule has 3 amide bonds. The van der Waals surface area contributed by atoms with Gasteiger partial charge in [0.15, 0.2) is 0 Å². The number of pyridine rings is 1. The van der Waals surface area contributed by atoms with Gasteiger partial charge in [-0.25, -0.2) is 13.8 Å². The van der Waals surface area contributed by atoms with Crippen molar-refractivity contribution < 1.29 is 23.2 Å². The second-order valence-corrected chi connectivity index (χ2v) is 7.42. The molecule has 0 bridgehead atoms. The third kappa shape index (κ3) is 4.20. The summed E-state index contributed by atoms with van der Waals surface area (Å²) in [4.78, 5) is 40.7. The van der Waals surface area contributed by atoms with E-state index < -0.39 is 29.1 Å². The normalized spacial score (nSPS) is 24.3. The van der Waals surface area contributed by atoms with Crippen LogP contribution in [-0.4, -0.2) is 41.2 Å². The number of anilines is 1. The number of carbonyl (C=O) groups is 3. The zero-order valence-corrected chi connectivity index (χ0v) is 15.5. The van der Waals surface area contributed by atoms with Crippen molar-refractivity contribution in [1.82, 2.24) is 21.2 Å². The Morgan fingerprint density at radius 2 is 1.93 bits per heavy atom. The first-order chi connectivity index (χ1) is 13.2. The molecule has 1 saturated carbocycles. The molecule has 0 aromatic carbocycles. The van der Waals surface area contributed by atoms with Crippen molar-refractivity contribution in [2.45, 2.75) is 51.0 Å². The minimum absolute atomic E-state index is 0.168. The lowest BCUT2D eigenvalue weighted by atomic mass is 9.88. The molecule has 0 spiro atoms. The topological polar surface area (TPSA) is 112 Å². The van der Waals surface area contributed by atoms with E-state index in [1.54, 1.807) is 6.07 Å². The van der Waals surface area contributed by atoms with Gasteiger partial charge in [-0.1, -0.05) is 0 Å². The number of alkyl halides is 2. The van der Waals surface area contributed by atoms with Gasteiger partial charge in [0.2, 0.25) is 11.8 Å². The Morgan fingerprint density at radius 1 is 1.21 bits per heavy atom. The highest BCUT2D eigenvalue weighted by Crippen LogP contribution is 2.34. The van der Waals surface area contributed by atoms with Gasteiger partial charge in [0.1, 0.15) is 11.2 Å². The lowest BCUT2D eigenvalue weighted by Gasteiger charge is -2.29. The summed E-state index contributed by atoms with van der Waals surface area (Å²) in [5.41, 5.74) is 3.50. The predicted molar refractivity (Wildman–Crippen MR) is 96.4 cm³/mol. The fourth-order valence-electron chi connectivity index (χ4n) is 3.35. The maximum Gasteiger partial charge on any atom is 0.273 e. The standard InChI is InChI=1S/C18H23F2N5O3/c1-17(8-10-22-15(17)27)16(28)25-24-14(26)12-3-2-9-21-13(12)23-11-4-6-18(19,20)7-5-11/h2-3,9,11H,4-8,10H2,1H3,(H,21,23)(H,22,27)(H,24,26)(H,25,28). The molecule has 28 heavy (non-hydrogen) atoms. The number of hydrogen-bond donors (Lipinski definition) is 4. The molecule has 10 heteroatoms. The number of nitrogens with one attached hydrogen (secondary N) is 4. The van der Waals surface area contributed by atoms with Crippen LogP contribution >= 0.6 is 0 Å². The van der Waals surface area contributed by atoms with E-state index in [2.05, 4.69) is 26.5 Å². The van der Waals surface area contributed by atoms with Gasteiger partial charge in [-0.2, -0.15) is 0 Å². The monoisotopic (exact) mass is 395 g/mol. The fraction of sp³-hybridized carbons (Fsp3) is 0.556. The average Bonchev–Trinajstić information content (AvgIpc) is 3.01. The van der Waals surface area contributed by atoms with Gasteiger partial charge in [0, 0.05) is 31.6 Å². The maximum absolute atomic E-state index is 13.3. The lowest BCUT2D eigenvalue weighted by molar-refractivity contribution is -0.140. The first-order valence-corrected chi connectivity index (χ1v) is 9.20. The molecule has 4 N–H and O–H groups in total. The van der Waals surface area contributed by atoms with Gasteiger partial charge in [-0.15, -0.1) is 0 Å². The molecule has 1 aliphatic heterocycles. The van der Waals surface area contributed by atoms with Gasteiger partial charge in [-0.3, -0.25) is 25.2 Å². The van der Waals surface area contributed by atoms with Crippen LogP contribution in [0.1, 0.15) is 49.4 Å². The molecule has 0 radical (unpaired) electrons. The van der Waals surface area contributed by atoms with Crippen molar-refractivity contribution in [2.75, 3.05) is 11.9 Å². The van der Waals surface area contributed by atoms with Crippen LogP contribution in [-0.2, 0) is 9.59 Å². The van der Waals surface area contributed by atoms with Gasteiger partial charge in [0.25, 0.3) is 11.8 Å². The number of amides is 3. The van der Waals surface area contributed by atoms with E-state index in [4.69, 9.17) is 0 Å². The molecule has 2 fully saturated rings. The van der Waals surface area contributed by atoms with E-state index in [9.17, 15) is 23.2 Å². The zero-order chi connectivity index (χ0) is 20.4. The van der Waals surface area contributed by atoms with Crippen LogP contribution in [0.5, 0.6) is 0 Å². The number of halogens is 2. The van der Waals surface area contributed by atoms with Gasteiger partial charge >= 0.3 is 0 Å². The summed E-state index contributed by atoms with van der Waals surface area (Å²) in [7, 11) is 0. The summed E-state index contributed by atoms with van der Waals surface area (Å²) in [6, 6.07) is 2.86. The molecule has 8 nitrogen and oxygen atoms in total. The van der Waals surface area contributed by atoms with Crippen molar-refractivity contribution in [3.63, 3.8) is 0 Å². The molecule has 1 aromatic rings. The molecule has 1 saturated heterocycles. The van der Waals surface area contributed by atoms with Gasteiger partial charge in [-0.05, 0) is 38.3 Å². The average molecular weight is 395 g/mol. The lowest BCUT2D eigenvalue weighted by Crippen LogP contribution is -2.51. The molecule has 2 aliphatic rings. The Kier molecular flexibility index (Phi) is 5.48. The number of hydrogen-bond acceptors (Lipinski definition) is 5. The summed E-state index contributed by atoms with van der Waals surface area (Å²) in [5.74, 6) is -4.00. The Labute approximate surface area is 160 Å². The minimum Gasteiger partial charge on any atom is -0.367 e. The molecule has 1 aromatic heterocycles. The first kappa shape index (κ1) is 20.0. The van der Waals surface area contributed by atoms with Gasteiger partial charge < -0.3 is 10.6 Å². The Morgan fingerprint density at radius 3 is 2.57 bits per heavy atom. The second-order valence-electron chi connectivity index (χ2n) is 7.42. The number of aromatic nitrogens is 1. The smallest absolute Gasteiger partial charge is 0.273 e. The minimum atomic E-state index is -2.64. The number of hydrazine groups is 1. The molecular formula is C18H23F2N5O3. The highest BCUT2D eigenvalue weighted by molar-refractivity contribution is 6.07. The molecule has 1 unspecified atom stereocenters. The summed E-state index contributed by atoms with van der Waals surface area (Å²) < 4.78 is 26.6. The Bertz CT molecular complexity index is 778. The third-order valence-corrected chi connectivity index (χ3v) is 5.31. The van der Waals surface area contributed by atoms with E-state index in [1.165, 1.54) is 19.2 Å². The van der Waals surface area contributed by atoms with Crippen LogP contribution in [0, 0.1) is 5.41 Å². The third-order valence-electron chi connectivity index (χ3n) is 5.31. The summed E-state index contributed by atoms with van der Waals surface area (Å²) in [5, 5.41) is 5.63. The molecular weight excluding hydrogens is 372 g/mol. The van der Waals surface area contributed by atoms with E-state index >= 15 is 0 Å². The molecule has 1 aliphatic carbocycles. The quantitative estimate of drug-likeness (QED) is 0.454. The number of rotatable bonds is 4. The summed E-state index contributed by atoms with van der Waals surface area (Å²) >= 11 is 0. The van der Waals surface area contributed by atoms with Crippen molar-refractivity contribution in [3.05, 3.63) is 23.9 Å². The van der Waals surface area contributed by atoms with Crippen molar-refractivity contribution >= 4 is 23.5 Å². The molecule has 2 heterocycles. The largest absolute Gasteiger partial charge is 0.367 e. The van der Waals surface area contributed by atoms with Crippen LogP contribution in [0.25, 0.3) is 0 Å². The predicted octanol–water partition coefficient (Wildman–Crippen LogP) is 1.36. The van der Waals surface area contributed by atoms with Crippen LogP contribution in [0.3, 0.4) is 0 Å². The molecule has 152 valence electrons. The second kappa shape index (κ2) is 7.69.